The van der Waals surface area contributed by atoms with Crippen molar-refractivity contribution in [3.05, 3.63) is 138 Å². The van der Waals surface area contributed by atoms with Gasteiger partial charge in [0, 0.05) is 78.6 Å². The summed E-state index contributed by atoms with van der Waals surface area (Å²) < 4.78 is 135. The van der Waals surface area contributed by atoms with Gasteiger partial charge in [-0.3, -0.25) is 23.0 Å². The lowest BCUT2D eigenvalue weighted by Crippen LogP contribution is -2.44. The van der Waals surface area contributed by atoms with E-state index in [9.17, 15) is 64.1 Å². The number of hydrogen-bond donors (Lipinski definition) is 11. The SMILES string of the molecule is CCN1c2cc3c(cc2C(C)=CC1(C)C)C(=CC=CC=CC1=[N+](CCCS(=O)(=O)O)c2ccc(S(=O)(=O)O)cc2C1(C)CCCC(=O)NCCNC(=O)O[C@H]1[C@@H](O)[C@H](n2cnc4c(N)ncnc42)O[C@@H]1COP(=O)(O)OP(=O)(O)NP(=O)(O)O)C=C(c1ccccc1)O3. The number of phosphoric ester groups is 1. The second kappa shape index (κ2) is 27.7. The quantitative estimate of drug-likeness (QED) is 0.00965. The van der Waals surface area contributed by atoms with Crippen LogP contribution in [0.25, 0.3) is 28.1 Å². The van der Waals surface area contributed by atoms with Gasteiger partial charge in [0.2, 0.25) is 11.6 Å². The Hall–Kier alpha value is -7.13. The number of aliphatic hydroxyl groups is 1. The van der Waals surface area contributed by atoms with Crippen molar-refractivity contribution in [2.45, 2.75) is 101 Å². The second-order valence-corrected chi connectivity index (χ2v) is 30.5. The summed E-state index contributed by atoms with van der Waals surface area (Å²) in [6.45, 7) is 9.57. The number of amides is 2. The molecule has 2 aromatic heterocycles. The number of likely N-dealkylation sites (N-methyl/N-ethyl adjacent to an activating group) is 1. The molecule has 3 unspecified atom stereocenters. The van der Waals surface area contributed by atoms with Crippen molar-refractivity contribution in [1.29, 1.82) is 0 Å². The number of alkyl carbamates (subject to hydrolysis) is 1. The van der Waals surface area contributed by atoms with Crippen molar-refractivity contribution < 1.29 is 102 Å². The van der Waals surface area contributed by atoms with Gasteiger partial charge in [0.05, 0.1) is 34.5 Å². The number of aliphatic hydroxyl groups excluding tert-OH is 1. The Balaban J connectivity index is 0.901. The van der Waals surface area contributed by atoms with Crippen molar-refractivity contribution in [3.8, 4) is 5.75 Å². The number of nitrogens with two attached hydrogens (primary N) is 1. The maximum absolute atomic E-state index is 13.5. The van der Waals surface area contributed by atoms with Gasteiger partial charge in [0.15, 0.2) is 29.5 Å². The molecule has 1 saturated heterocycles. The lowest BCUT2D eigenvalue weighted by molar-refractivity contribution is -0.437. The van der Waals surface area contributed by atoms with Gasteiger partial charge in [-0.25, -0.2) is 33.4 Å². The van der Waals surface area contributed by atoms with E-state index in [-0.39, 0.29) is 67.8 Å². The summed E-state index contributed by atoms with van der Waals surface area (Å²) >= 11 is 0. The number of rotatable bonds is 26. The molecule has 12 N–H and O–H groups in total. The largest absolute Gasteiger partial charge is 0.480 e. The van der Waals surface area contributed by atoms with E-state index in [0.717, 1.165) is 62.1 Å². The van der Waals surface area contributed by atoms with Crippen molar-refractivity contribution in [2.24, 2.45) is 0 Å². The number of anilines is 2. The van der Waals surface area contributed by atoms with Crippen LogP contribution in [-0.4, -0.2) is 155 Å². The zero-order valence-electron chi connectivity index (χ0n) is 50.6. The molecule has 0 aliphatic carbocycles. The van der Waals surface area contributed by atoms with Gasteiger partial charge in [0.25, 0.3) is 20.2 Å². The van der Waals surface area contributed by atoms with E-state index in [1.807, 2.05) is 55.5 Å². The van der Waals surface area contributed by atoms with Gasteiger partial charge in [-0.1, -0.05) is 60.7 Å². The highest BCUT2D eigenvalue weighted by Crippen LogP contribution is 2.61. The Morgan fingerprint density at radius 1 is 0.914 bits per heavy atom. The predicted molar refractivity (Wildman–Crippen MR) is 340 cm³/mol. The molecule has 4 aliphatic heterocycles. The predicted octanol–water partition coefficient (Wildman–Crippen LogP) is 6.20. The Morgan fingerprint density at radius 2 is 1.65 bits per heavy atom. The molecule has 2 amide bonds. The van der Waals surface area contributed by atoms with Crippen molar-refractivity contribution >= 4 is 107 Å². The highest BCUT2D eigenvalue weighted by atomic mass is 32.2. The summed E-state index contributed by atoms with van der Waals surface area (Å²) in [6, 6.07) is 18.0. The first-order valence-corrected chi connectivity index (χ1v) is 36.5. The normalized spacial score (nSPS) is 22.2. The van der Waals surface area contributed by atoms with Gasteiger partial charge < -0.3 is 60.2 Å². The van der Waals surface area contributed by atoms with Crippen molar-refractivity contribution in [1.82, 2.24) is 35.0 Å². The molecule has 0 radical (unpaired) electrons. The highest BCUT2D eigenvalue weighted by Gasteiger charge is 2.51. The summed E-state index contributed by atoms with van der Waals surface area (Å²) in [5.41, 5.74) is 12.0. The number of allylic oxidation sites excluding steroid dienone is 8. The van der Waals surface area contributed by atoms with Crippen LogP contribution in [-0.2, 0) is 62.4 Å². The monoisotopic (exact) mass is 1390 g/mol. The van der Waals surface area contributed by atoms with E-state index in [2.05, 4.69) is 80.7 Å². The molecule has 4 aliphatic rings. The number of aromatic nitrogens is 4. The number of benzene rings is 3. The van der Waals surface area contributed by atoms with E-state index in [1.165, 1.54) is 18.2 Å². The fraction of sp³-hybridized carbons (Fsp3) is 0.368. The van der Waals surface area contributed by atoms with Crippen LogP contribution in [0.3, 0.4) is 0 Å². The number of carbonyl (C=O) groups excluding carboxylic acids is 2. The van der Waals surface area contributed by atoms with Crippen LogP contribution >= 0.6 is 23.3 Å². The van der Waals surface area contributed by atoms with Crippen LogP contribution in [0.2, 0.25) is 0 Å². The number of nitrogens with zero attached hydrogens (tertiary/aromatic N) is 6. The molecule has 93 heavy (non-hydrogen) atoms. The lowest BCUT2D eigenvalue weighted by Gasteiger charge is -2.43. The summed E-state index contributed by atoms with van der Waals surface area (Å²) in [6.07, 6.45) is 7.72. The average Bonchev–Trinajstić information content (AvgIpc) is 1.71. The molecule has 7 atom stereocenters. The number of hydrogen-bond acceptors (Lipinski definition) is 20. The minimum Gasteiger partial charge on any atom is -0.456 e. The van der Waals surface area contributed by atoms with Gasteiger partial charge in [-0.2, -0.15) is 25.7 Å². The minimum absolute atomic E-state index is 0.0260. The number of carbonyl (C=O) groups is 2. The van der Waals surface area contributed by atoms with Gasteiger partial charge in [-0.05, 0) is 82.9 Å². The average molecular weight is 1390 g/mol. The molecule has 1 fully saturated rings. The van der Waals surface area contributed by atoms with Gasteiger partial charge >= 0.3 is 29.4 Å². The smallest absolute Gasteiger partial charge is 0.456 e. The van der Waals surface area contributed by atoms with Crippen LogP contribution in [0, 0.1) is 0 Å². The molecular formula is C57H70N10O21P3S2+. The maximum Gasteiger partial charge on any atom is 0.480 e. The molecule has 31 nitrogen and oxygen atoms in total. The molecule has 0 bridgehead atoms. The van der Waals surface area contributed by atoms with Crippen LogP contribution in [0.1, 0.15) is 88.8 Å². The third-order valence-corrected chi connectivity index (χ3v) is 21.6. The molecule has 5 aromatic rings. The molecule has 500 valence electrons. The zero-order valence-corrected chi connectivity index (χ0v) is 54.9. The number of imidazole rings is 1. The first-order valence-electron chi connectivity index (χ1n) is 28.8. The van der Waals surface area contributed by atoms with E-state index in [1.54, 1.807) is 22.8 Å². The highest BCUT2D eigenvalue weighted by molar-refractivity contribution is 7.86. The minimum atomic E-state index is -5.70. The first kappa shape index (κ1) is 70.2. The molecule has 36 heteroatoms. The number of fused-ring (bicyclic) bond motifs is 4. The summed E-state index contributed by atoms with van der Waals surface area (Å²) in [7, 11) is -26.0. The molecular weight excluding hydrogens is 1320 g/mol. The van der Waals surface area contributed by atoms with Gasteiger partial charge in [-0.15, -0.1) is 4.86 Å². The Labute approximate surface area is 534 Å². The fourth-order valence-corrected chi connectivity index (χ4v) is 16.2. The van der Waals surface area contributed by atoms with Crippen LogP contribution < -0.4 is 30.9 Å². The number of ether oxygens (including phenoxy) is 3. The molecule has 0 saturated carbocycles. The number of phosphoric acid groups is 1. The first-order chi connectivity index (χ1) is 43.6. The van der Waals surface area contributed by atoms with Gasteiger partial charge in [0.1, 0.15) is 42.1 Å². The van der Waals surface area contributed by atoms with E-state index >= 15 is 0 Å². The van der Waals surface area contributed by atoms with E-state index in [4.69, 9.17) is 34.3 Å². The summed E-state index contributed by atoms with van der Waals surface area (Å²) in [5.74, 6) is 0.173. The van der Waals surface area contributed by atoms with E-state index < -0.39 is 103 Å². The lowest BCUT2D eigenvalue weighted by atomic mass is 9.75. The second-order valence-electron chi connectivity index (χ2n) is 22.7. The Morgan fingerprint density at radius 3 is 2.34 bits per heavy atom. The molecule has 9 rings (SSSR count). The third-order valence-electron chi connectivity index (χ3n) is 15.7. The topological polar surface area (TPSA) is 453 Å². The molecule has 6 heterocycles. The number of nitrogens with one attached hydrogen (secondary N) is 3. The third kappa shape index (κ3) is 16.7. The van der Waals surface area contributed by atoms with Crippen LogP contribution in [0.15, 0.2) is 121 Å². The molecule has 0 spiro atoms. The van der Waals surface area contributed by atoms with Crippen molar-refractivity contribution in [3.63, 3.8) is 0 Å². The fourth-order valence-electron chi connectivity index (χ4n) is 11.7. The Kier molecular flexibility index (Phi) is 20.9. The van der Waals surface area contributed by atoms with Crippen molar-refractivity contribution in [2.75, 3.05) is 49.2 Å². The standard InChI is InChI=1S/C57H69N10O21P3S2/c1-6-67-43-30-45-40(29-39(43)35(2)31-56(67,3)4)37(27-44(85-45)36-15-9-7-10-16-36)17-11-8-12-18-47-57(5,41-28-38(93(81,82)83)20-21-42(41)65(47)25-14-26-92(78,79)80)22-13-19-48(68)59-23-24-60-55(70)87-51-46(32-84-91(76,77)88-90(74,75)64-89(71,72)73)86-54(50(51)69)66-34-63-49-52(58)61-33-62-53(49)66/h7-12,15-18,20-21,27-31,33-34,46,50-51,54,69H,6,13-14,19,22-26,32H2,1-5H3,(H10-,58,59,60,61,62,64,68,70,71,72,73,74,75,76,77,78,79,80,81,82,83)/p+1/t46-,50-,51-,54-,57?/m1/s1. The summed E-state index contributed by atoms with van der Waals surface area (Å²) in [4.78, 5) is 79.5. The number of nitrogen functional groups attached to an aromatic ring is 1. The van der Waals surface area contributed by atoms with Crippen LogP contribution in [0.5, 0.6) is 5.75 Å². The zero-order chi connectivity index (χ0) is 67.6. The maximum atomic E-state index is 13.5. The summed E-state index contributed by atoms with van der Waals surface area (Å²) in [5, 5.41) is 16.5. The van der Waals surface area contributed by atoms with Crippen LogP contribution in [0.4, 0.5) is 22.0 Å². The molecule has 3 aromatic carbocycles. The van der Waals surface area contributed by atoms with E-state index in [0.29, 0.717) is 28.5 Å². The Bertz CT molecular complexity index is 4330.